The summed E-state index contributed by atoms with van der Waals surface area (Å²) < 4.78 is 16.5. The molecule has 0 fully saturated rings. The molecule has 8 nitrogen and oxygen atoms in total. The lowest BCUT2D eigenvalue weighted by Crippen LogP contribution is -2.15. The van der Waals surface area contributed by atoms with Gasteiger partial charge in [-0.3, -0.25) is 9.36 Å². The van der Waals surface area contributed by atoms with Crippen LogP contribution in [0.1, 0.15) is 25.3 Å². The van der Waals surface area contributed by atoms with Gasteiger partial charge in [-0.05, 0) is 18.1 Å². The van der Waals surface area contributed by atoms with E-state index in [0.717, 1.165) is 0 Å². The third kappa shape index (κ3) is 5.45. The molecule has 2 aromatic rings. The average Bonchev–Trinajstić information content (AvgIpc) is 2.49. The monoisotopic (exact) mass is 407 g/mol. The standard InChI is InChI=1S/C14H16Cl2N3O5P/c1-7(2)9-5-12(18-19-14(9)20)24-13-10(15)3-8(4-11(13)16)17-6-25(21,22)23/h3-5,7,17H,6H2,1-2H3,(H,19,20)(H2,21,22,23). The maximum Gasteiger partial charge on any atom is 0.344 e. The fourth-order valence-corrected chi connectivity index (χ4v) is 2.89. The van der Waals surface area contributed by atoms with Crippen molar-refractivity contribution in [2.75, 3.05) is 11.6 Å². The van der Waals surface area contributed by atoms with Crippen molar-refractivity contribution in [1.82, 2.24) is 10.2 Å². The van der Waals surface area contributed by atoms with E-state index in [1.807, 2.05) is 13.8 Å². The first-order valence-electron chi connectivity index (χ1n) is 7.12. The Morgan fingerprint density at radius 2 is 1.88 bits per heavy atom. The van der Waals surface area contributed by atoms with E-state index in [0.29, 0.717) is 11.3 Å². The number of ether oxygens (including phenoxy) is 1. The van der Waals surface area contributed by atoms with Gasteiger partial charge in [0, 0.05) is 17.3 Å². The Balaban J connectivity index is 2.27. The molecule has 11 heteroatoms. The van der Waals surface area contributed by atoms with E-state index in [9.17, 15) is 9.36 Å². The molecule has 136 valence electrons. The van der Waals surface area contributed by atoms with Crippen LogP contribution in [0.4, 0.5) is 5.69 Å². The molecule has 4 N–H and O–H groups in total. The van der Waals surface area contributed by atoms with Crippen molar-refractivity contribution < 1.29 is 19.1 Å². The zero-order valence-corrected chi connectivity index (χ0v) is 15.7. The molecular formula is C14H16Cl2N3O5P. The van der Waals surface area contributed by atoms with E-state index in [4.69, 9.17) is 37.7 Å². The van der Waals surface area contributed by atoms with E-state index in [1.165, 1.54) is 18.2 Å². The zero-order chi connectivity index (χ0) is 18.8. The number of nitrogens with one attached hydrogen (secondary N) is 2. The van der Waals surface area contributed by atoms with E-state index >= 15 is 0 Å². The van der Waals surface area contributed by atoms with Crippen LogP contribution >= 0.6 is 30.8 Å². The van der Waals surface area contributed by atoms with E-state index in [1.54, 1.807) is 0 Å². The maximum atomic E-state index is 11.7. The van der Waals surface area contributed by atoms with Crippen LogP contribution in [0.2, 0.25) is 10.0 Å². The summed E-state index contributed by atoms with van der Waals surface area (Å²) in [6, 6.07) is 4.32. The summed E-state index contributed by atoms with van der Waals surface area (Å²) in [5.41, 5.74) is 0.511. The van der Waals surface area contributed by atoms with E-state index < -0.39 is 13.9 Å². The number of nitrogens with zero attached hydrogens (tertiary/aromatic N) is 1. The molecule has 0 spiro atoms. The highest BCUT2D eigenvalue weighted by molar-refractivity contribution is 7.51. The molecule has 0 aliphatic heterocycles. The van der Waals surface area contributed by atoms with Crippen molar-refractivity contribution in [2.45, 2.75) is 19.8 Å². The van der Waals surface area contributed by atoms with Crippen molar-refractivity contribution in [3.63, 3.8) is 0 Å². The zero-order valence-electron chi connectivity index (χ0n) is 13.3. The quantitative estimate of drug-likeness (QED) is 0.539. The molecule has 0 radical (unpaired) electrons. The number of aromatic amines is 1. The van der Waals surface area contributed by atoms with Crippen LogP contribution in [0, 0.1) is 0 Å². The fourth-order valence-electron chi connectivity index (χ4n) is 1.94. The van der Waals surface area contributed by atoms with Crippen LogP contribution < -0.4 is 15.6 Å². The average molecular weight is 408 g/mol. The Labute approximate surface area is 153 Å². The lowest BCUT2D eigenvalue weighted by atomic mass is 10.1. The Bertz CT molecular complexity index is 858. The van der Waals surface area contributed by atoms with Crippen molar-refractivity contribution in [1.29, 1.82) is 0 Å². The van der Waals surface area contributed by atoms with Crippen molar-refractivity contribution in [3.8, 4) is 11.6 Å². The number of aromatic nitrogens is 2. The van der Waals surface area contributed by atoms with Gasteiger partial charge in [-0.2, -0.15) is 0 Å². The first-order valence-corrected chi connectivity index (χ1v) is 9.67. The molecular weight excluding hydrogens is 392 g/mol. The number of halogens is 2. The van der Waals surface area contributed by atoms with Crippen LogP contribution in [0.25, 0.3) is 0 Å². The highest BCUT2D eigenvalue weighted by Crippen LogP contribution is 2.40. The van der Waals surface area contributed by atoms with Gasteiger partial charge in [0.05, 0.1) is 10.0 Å². The van der Waals surface area contributed by atoms with Gasteiger partial charge >= 0.3 is 7.60 Å². The van der Waals surface area contributed by atoms with Gasteiger partial charge in [0.25, 0.3) is 5.56 Å². The SMILES string of the molecule is CC(C)c1cc(Oc2c(Cl)cc(NCP(=O)(O)O)cc2Cl)n[nH]c1=O. The van der Waals surface area contributed by atoms with Crippen molar-refractivity contribution in [2.24, 2.45) is 0 Å². The molecule has 0 aliphatic carbocycles. The van der Waals surface area contributed by atoms with Crippen LogP contribution in [0.15, 0.2) is 23.0 Å². The Morgan fingerprint density at radius 3 is 2.40 bits per heavy atom. The molecule has 2 rings (SSSR count). The summed E-state index contributed by atoms with van der Waals surface area (Å²) in [7, 11) is -4.22. The molecule has 1 heterocycles. The van der Waals surface area contributed by atoms with Crippen LogP contribution in [0.5, 0.6) is 11.6 Å². The van der Waals surface area contributed by atoms with Gasteiger partial charge in [0.15, 0.2) is 5.75 Å². The molecule has 25 heavy (non-hydrogen) atoms. The van der Waals surface area contributed by atoms with Gasteiger partial charge in [0.1, 0.15) is 6.29 Å². The lowest BCUT2D eigenvalue weighted by Gasteiger charge is -2.13. The molecule has 0 amide bonds. The van der Waals surface area contributed by atoms with E-state index in [2.05, 4.69) is 15.5 Å². The second-order valence-electron chi connectivity index (χ2n) is 5.52. The minimum absolute atomic E-state index is 0.0284. The van der Waals surface area contributed by atoms with Gasteiger partial charge in [-0.25, -0.2) is 5.10 Å². The Morgan fingerprint density at radius 1 is 1.28 bits per heavy atom. The summed E-state index contributed by atoms with van der Waals surface area (Å²) in [6.07, 6.45) is -0.556. The first kappa shape index (κ1) is 19.8. The van der Waals surface area contributed by atoms with Crippen LogP contribution in [-0.4, -0.2) is 26.3 Å². The number of hydrogen-bond acceptors (Lipinski definition) is 5. The Hall–Kier alpha value is -1.57. The highest BCUT2D eigenvalue weighted by Gasteiger charge is 2.16. The largest absolute Gasteiger partial charge is 0.434 e. The molecule has 0 unspecified atom stereocenters. The molecule has 0 aliphatic rings. The summed E-state index contributed by atoms with van der Waals surface area (Å²) >= 11 is 12.2. The molecule has 0 saturated heterocycles. The second kappa shape index (κ2) is 7.76. The van der Waals surface area contributed by atoms with Gasteiger partial charge in [-0.1, -0.05) is 37.0 Å². The number of benzene rings is 1. The lowest BCUT2D eigenvalue weighted by molar-refractivity contribution is 0.375. The summed E-state index contributed by atoms with van der Waals surface area (Å²) in [5.74, 6) is 0.196. The fraction of sp³-hybridized carbons (Fsp3) is 0.286. The molecule has 1 aromatic heterocycles. The predicted octanol–water partition coefficient (Wildman–Crippen LogP) is 3.54. The van der Waals surface area contributed by atoms with Crippen molar-refractivity contribution >= 4 is 36.5 Å². The summed E-state index contributed by atoms with van der Waals surface area (Å²) in [5, 5.41) is 8.90. The molecule has 0 saturated carbocycles. The molecule has 0 atom stereocenters. The number of H-pyrrole nitrogens is 1. The van der Waals surface area contributed by atoms with Crippen LogP contribution in [-0.2, 0) is 4.57 Å². The summed E-state index contributed by atoms with van der Waals surface area (Å²) in [6.45, 7) is 3.71. The topological polar surface area (TPSA) is 125 Å². The number of anilines is 1. The Kier molecular flexibility index (Phi) is 6.13. The highest BCUT2D eigenvalue weighted by atomic mass is 35.5. The normalized spacial score (nSPS) is 11.6. The maximum absolute atomic E-state index is 11.7. The minimum atomic E-state index is -4.22. The van der Waals surface area contributed by atoms with Crippen molar-refractivity contribution in [3.05, 3.63) is 44.2 Å². The predicted molar refractivity (Wildman–Crippen MR) is 96.0 cm³/mol. The van der Waals surface area contributed by atoms with Gasteiger partial charge in [-0.15, -0.1) is 5.10 Å². The number of rotatable bonds is 6. The summed E-state index contributed by atoms with van der Waals surface area (Å²) in [4.78, 5) is 29.5. The molecule has 1 aromatic carbocycles. The number of hydrogen-bond donors (Lipinski definition) is 4. The van der Waals surface area contributed by atoms with Gasteiger partial charge in [0.2, 0.25) is 5.88 Å². The smallest absolute Gasteiger partial charge is 0.344 e. The molecule has 0 bridgehead atoms. The second-order valence-corrected chi connectivity index (χ2v) is 7.98. The van der Waals surface area contributed by atoms with Gasteiger partial charge < -0.3 is 19.8 Å². The third-order valence-corrected chi connectivity index (χ3v) is 4.26. The van der Waals surface area contributed by atoms with Crippen LogP contribution in [0.3, 0.4) is 0 Å². The van der Waals surface area contributed by atoms with E-state index in [-0.39, 0.29) is 33.2 Å². The minimum Gasteiger partial charge on any atom is -0.434 e. The first-order chi connectivity index (χ1) is 11.6. The third-order valence-electron chi connectivity index (χ3n) is 3.12.